The zero-order valence-electron chi connectivity index (χ0n) is 10.8. The highest BCUT2D eigenvalue weighted by atomic mass is 79.9. The van der Waals surface area contributed by atoms with E-state index in [0.29, 0.717) is 5.56 Å². The van der Waals surface area contributed by atoms with Crippen LogP contribution in [0.2, 0.25) is 0 Å². The number of halogens is 1. The van der Waals surface area contributed by atoms with Gasteiger partial charge in [-0.3, -0.25) is 4.79 Å². The van der Waals surface area contributed by atoms with Crippen molar-refractivity contribution in [2.45, 2.75) is 6.92 Å². The third kappa shape index (κ3) is 2.32. The van der Waals surface area contributed by atoms with Gasteiger partial charge in [-0.05, 0) is 52.7 Å². The van der Waals surface area contributed by atoms with E-state index in [-0.39, 0.29) is 5.91 Å². The van der Waals surface area contributed by atoms with E-state index in [1.807, 2.05) is 31.2 Å². The van der Waals surface area contributed by atoms with Gasteiger partial charge in [0.1, 0.15) is 0 Å². The molecule has 0 bridgehead atoms. The number of aryl methyl sites for hydroxylation is 1. The van der Waals surface area contributed by atoms with Gasteiger partial charge in [-0.25, -0.2) is 4.98 Å². The molecule has 3 rings (SSSR count). The van der Waals surface area contributed by atoms with Crippen LogP contribution in [0.5, 0.6) is 0 Å². The molecule has 2 N–H and O–H groups in total. The number of anilines is 1. The smallest absolute Gasteiger partial charge is 0.255 e. The third-order valence-electron chi connectivity index (χ3n) is 3.12. The molecule has 0 spiro atoms. The fourth-order valence-electron chi connectivity index (χ4n) is 2.02. The lowest BCUT2D eigenvalue weighted by molar-refractivity contribution is 0.102. The highest BCUT2D eigenvalue weighted by Crippen LogP contribution is 2.26. The van der Waals surface area contributed by atoms with Gasteiger partial charge in [-0.15, -0.1) is 0 Å². The molecule has 0 aliphatic carbocycles. The number of carbonyl (C=O) groups is 1. The van der Waals surface area contributed by atoms with Crippen molar-refractivity contribution in [3.05, 3.63) is 58.3 Å². The van der Waals surface area contributed by atoms with E-state index >= 15 is 0 Å². The summed E-state index contributed by atoms with van der Waals surface area (Å²) in [5.41, 5.74) is 4.13. The number of hydrogen-bond donors (Lipinski definition) is 2. The summed E-state index contributed by atoms with van der Waals surface area (Å²) in [5.74, 6) is -0.146. The van der Waals surface area contributed by atoms with Crippen molar-refractivity contribution in [2.75, 3.05) is 5.32 Å². The van der Waals surface area contributed by atoms with Crippen LogP contribution in [-0.4, -0.2) is 15.9 Å². The van der Waals surface area contributed by atoms with Crippen LogP contribution >= 0.6 is 15.9 Å². The second kappa shape index (κ2) is 5.09. The van der Waals surface area contributed by atoms with Crippen LogP contribution in [0.25, 0.3) is 11.0 Å². The first-order valence-electron chi connectivity index (χ1n) is 6.15. The van der Waals surface area contributed by atoms with Crippen molar-refractivity contribution in [1.82, 2.24) is 9.97 Å². The average Bonchev–Trinajstić information content (AvgIpc) is 2.91. The van der Waals surface area contributed by atoms with Crippen LogP contribution in [0, 0.1) is 6.92 Å². The molecule has 1 aromatic heterocycles. The summed E-state index contributed by atoms with van der Waals surface area (Å²) < 4.78 is 0.899. The van der Waals surface area contributed by atoms with Gasteiger partial charge in [0.2, 0.25) is 0 Å². The molecule has 3 aromatic rings. The Morgan fingerprint density at radius 2 is 2.15 bits per heavy atom. The maximum Gasteiger partial charge on any atom is 0.255 e. The minimum absolute atomic E-state index is 0.146. The summed E-state index contributed by atoms with van der Waals surface area (Å²) >= 11 is 3.48. The Hall–Kier alpha value is -2.14. The minimum atomic E-state index is -0.146. The van der Waals surface area contributed by atoms with Crippen molar-refractivity contribution >= 4 is 38.6 Å². The Morgan fingerprint density at radius 3 is 3.00 bits per heavy atom. The van der Waals surface area contributed by atoms with Crippen molar-refractivity contribution in [2.24, 2.45) is 0 Å². The lowest BCUT2D eigenvalue weighted by Crippen LogP contribution is -2.12. The predicted octanol–water partition coefficient (Wildman–Crippen LogP) is 3.89. The Kier molecular flexibility index (Phi) is 3.28. The number of aromatic amines is 1. The van der Waals surface area contributed by atoms with E-state index in [2.05, 4.69) is 31.2 Å². The van der Waals surface area contributed by atoms with Crippen molar-refractivity contribution < 1.29 is 4.79 Å². The summed E-state index contributed by atoms with van der Waals surface area (Å²) in [6, 6.07) is 11.1. The lowest BCUT2D eigenvalue weighted by Gasteiger charge is -2.09. The normalized spacial score (nSPS) is 10.7. The Bertz CT molecular complexity index is 795. The first-order valence-corrected chi connectivity index (χ1v) is 6.94. The second-order valence-electron chi connectivity index (χ2n) is 4.53. The van der Waals surface area contributed by atoms with Gasteiger partial charge in [0.05, 0.1) is 23.0 Å². The maximum atomic E-state index is 12.3. The van der Waals surface area contributed by atoms with Gasteiger partial charge >= 0.3 is 0 Å². The molecule has 0 aliphatic rings. The SMILES string of the molecule is Cc1cccc(NC(=O)c2ccc3nc[nH]c3c2)c1Br. The van der Waals surface area contributed by atoms with Crippen LogP contribution in [0.3, 0.4) is 0 Å². The summed E-state index contributed by atoms with van der Waals surface area (Å²) in [7, 11) is 0. The average molecular weight is 330 g/mol. The number of imidazole rings is 1. The van der Waals surface area contributed by atoms with Crippen LogP contribution in [0.4, 0.5) is 5.69 Å². The predicted molar refractivity (Wildman–Crippen MR) is 82.9 cm³/mol. The van der Waals surface area contributed by atoms with E-state index in [1.54, 1.807) is 18.5 Å². The number of hydrogen-bond acceptors (Lipinski definition) is 2. The Morgan fingerprint density at radius 1 is 1.30 bits per heavy atom. The molecule has 100 valence electrons. The van der Waals surface area contributed by atoms with Gasteiger partial charge in [-0.1, -0.05) is 12.1 Å². The number of nitrogens with one attached hydrogen (secondary N) is 2. The van der Waals surface area contributed by atoms with E-state index in [9.17, 15) is 4.79 Å². The van der Waals surface area contributed by atoms with Crippen LogP contribution in [-0.2, 0) is 0 Å². The van der Waals surface area contributed by atoms with Crippen molar-refractivity contribution in [3.63, 3.8) is 0 Å². The summed E-state index contributed by atoms with van der Waals surface area (Å²) in [6.07, 6.45) is 1.61. The number of carbonyl (C=O) groups excluding carboxylic acids is 1. The van der Waals surface area contributed by atoms with Crippen molar-refractivity contribution in [1.29, 1.82) is 0 Å². The molecule has 1 amide bonds. The molecule has 0 aliphatic heterocycles. The zero-order valence-corrected chi connectivity index (χ0v) is 12.4. The quantitative estimate of drug-likeness (QED) is 0.749. The van der Waals surface area contributed by atoms with E-state index in [4.69, 9.17) is 0 Å². The number of benzene rings is 2. The number of rotatable bonds is 2. The number of aromatic nitrogens is 2. The molecule has 0 atom stereocenters. The maximum absolute atomic E-state index is 12.3. The minimum Gasteiger partial charge on any atom is -0.345 e. The number of H-pyrrole nitrogens is 1. The Balaban J connectivity index is 1.90. The molecule has 0 saturated heterocycles. The molecule has 2 aromatic carbocycles. The monoisotopic (exact) mass is 329 g/mol. The number of amides is 1. The fraction of sp³-hybridized carbons (Fsp3) is 0.0667. The molecule has 0 saturated carbocycles. The van der Waals surface area contributed by atoms with Crippen LogP contribution < -0.4 is 5.32 Å². The molecule has 0 radical (unpaired) electrons. The van der Waals surface area contributed by atoms with Gasteiger partial charge in [-0.2, -0.15) is 0 Å². The van der Waals surface area contributed by atoms with Crippen LogP contribution in [0.15, 0.2) is 47.2 Å². The van der Waals surface area contributed by atoms with E-state index < -0.39 is 0 Å². The van der Waals surface area contributed by atoms with Gasteiger partial charge in [0, 0.05) is 10.0 Å². The largest absolute Gasteiger partial charge is 0.345 e. The summed E-state index contributed by atoms with van der Waals surface area (Å²) in [6.45, 7) is 1.98. The topological polar surface area (TPSA) is 57.8 Å². The molecular weight excluding hydrogens is 318 g/mol. The molecule has 4 nitrogen and oxygen atoms in total. The molecule has 20 heavy (non-hydrogen) atoms. The van der Waals surface area contributed by atoms with Gasteiger partial charge < -0.3 is 10.3 Å². The Labute approximate surface area is 124 Å². The van der Waals surface area contributed by atoms with Gasteiger partial charge in [0.25, 0.3) is 5.91 Å². The lowest BCUT2D eigenvalue weighted by atomic mass is 10.1. The fourth-order valence-corrected chi connectivity index (χ4v) is 2.38. The molecular formula is C15H12BrN3O. The molecule has 0 fully saturated rings. The number of nitrogens with zero attached hydrogens (tertiary/aromatic N) is 1. The summed E-state index contributed by atoms with van der Waals surface area (Å²) in [4.78, 5) is 19.4. The zero-order chi connectivity index (χ0) is 14.1. The first kappa shape index (κ1) is 12.9. The van der Waals surface area contributed by atoms with E-state index in [0.717, 1.165) is 26.8 Å². The molecule has 1 heterocycles. The van der Waals surface area contributed by atoms with Crippen molar-refractivity contribution in [3.8, 4) is 0 Å². The molecule has 5 heteroatoms. The standard InChI is InChI=1S/C15H12BrN3O/c1-9-3-2-4-12(14(9)16)19-15(20)10-5-6-11-13(7-10)18-8-17-11/h2-8H,1H3,(H,17,18)(H,19,20). The highest BCUT2D eigenvalue weighted by Gasteiger charge is 2.10. The highest BCUT2D eigenvalue weighted by molar-refractivity contribution is 9.10. The first-order chi connectivity index (χ1) is 9.65. The van der Waals surface area contributed by atoms with Crippen LogP contribution in [0.1, 0.15) is 15.9 Å². The second-order valence-corrected chi connectivity index (χ2v) is 5.32. The van der Waals surface area contributed by atoms with E-state index in [1.165, 1.54) is 0 Å². The molecule has 0 unspecified atom stereocenters. The third-order valence-corrected chi connectivity index (χ3v) is 4.18. The number of fused-ring (bicyclic) bond motifs is 1. The summed E-state index contributed by atoms with van der Waals surface area (Å²) in [5, 5.41) is 2.90. The van der Waals surface area contributed by atoms with Gasteiger partial charge in [0.15, 0.2) is 0 Å².